The molecule has 0 aliphatic heterocycles. The summed E-state index contributed by atoms with van der Waals surface area (Å²) in [7, 11) is 0. The zero-order valence-electron chi connectivity index (χ0n) is 13.4. The highest BCUT2D eigenvalue weighted by Crippen LogP contribution is 2.35. The Balaban J connectivity index is 1.99. The number of halogens is 4. The first-order chi connectivity index (χ1) is 11.8. The van der Waals surface area contributed by atoms with Crippen LogP contribution in [0.15, 0.2) is 41.3 Å². The van der Waals surface area contributed by atoms with Gasteiger partial charge in [0.15, 0.2) is 5.65 Å². The fourth-order valence-electron chi connectivity index (χ4n) is 2.75. The summed E-state index contributed by atoms with van der Waals surface area (Å²) < 4.78 is 40.1. The molecule has 2 aromatic heterocycles. The molecular weight excluding hydrogens is 397 g/mol. The molecule has 8 heteroatoms. The quantitative estimate of drug-likeness (QED) is 0.637. The molecule has 0 radical (unpaired) electrons. The van der Waals surface area contributed by atoms with E-state index in [1.165, 1.54) is 19.3 Å². The molecule has 0 fully saturated rings. The maximum absolute atomic E-state index is 13.1. The van der Waals surface area contributed by atoms with Crippen LogP contribution >= 0.6 is 15.9 Å². The van der Waals surface area contributed by atoms with Gasteiger partial charge in [0.25, 0.3) is 0 Å². The van der Waals surface area contributed by atoms with Gasteiger partial charge in [0, 0.05) is 10.7 Å². The molecule has 25 heavy (non-hydrogen) atoms. The van der Waals surface area contributed by atoms with Crippen LogP contribution in [0.2, 0.25) is 0 Å². The largest absolute Gasteiger partial charge is 0.416 e. The maximum Gasteiger partial charge on any atom is 0.416 e. The number of benzene rings is 1. The van der Waals surface area contributed by atoms with Gasteiger partial charge in [-0.1, -0.05) is 12.1 Å². The Kier molecular flexibility index (Phi) is 4.64. The van der Waals surface area contributed by atoms with Crippen molar-refractivity contribution >= 4 is 32.8 Å². The minimum atomic E-state index is -4.38. The molecule has 2 heterocycles. The third kappa shape index (κ3) is 3.58. The van der Waals surface area contributed by atoms with Crippen molar-refractivity contribution < 1.29 is 13.2 Å². The van der Waals surface area contributed by atoms with Crippen molar-refractivity contribution in [3.05, 3.63) is 58.0 Å². The fourth-order valence-corrected chi connectivity index (χ4v) is 3.08. The average molecular weight is 411 g/mol. The number of nitrogens with one attached hydrogen (secondary N) is 1. The summed E-state index contributed by atoms with van der Waals surface area (Å²) in [5, 5.41) is 3.86. The Morgan fingerprint density at radius 3 is 2.64 bits per heavy atom. The van der Waals surface area contributed by atoms with Gasteiger partial charge in [-0.05, 0) is 53.0 Å². The zero-order valence-corrected chi connectivity index (χ0v) is 15.0. The molecule has 0 saturated heterocycles. The van der Waals surface area contributed by atoms with Crippen LogP contribution in [0.4, 0.5) is 19.0 Å². The molecule has 0 amide bonds. The Bertz CT molecular complexity index is 927. The highest BCUT2D eigenvalue weighted by atomic mass is 79.9. The summed E-state index contributed by atoms with van der Waals surface area (Å²) in [6.07, 6.45) is -1.38. The highest BCUT2D eigenvalue weighted by Gasteiger charge is 2.33. The van der Waals surface area contributed by atoms with Crippen LogP contribution in [0.25, 0.3) is 11.0 Å². The second-order valence-electron chi connectivity index (χ2n) is 5.63. The number of nitrogens with zero attached hydrogens (tertiary/aromatic N) is 3. The van der Waals surface area contributed by atoms with Gasteiger partial charge in [-0.25, -0.2) is 15.0 Å². The number of hydrogen-bond acceptors (Lipinski definition) is 4. The number of alkyl halides is 3. The van der Waals surface area contributed by atoms with Crippen molar-refractivity contribution in [1.82, 2.24) is 15.0 Å². The summed E-state index contributed by atoms with van der Waals surface area (Å²) in [5.74, 6) is 0.517. The molecule has 3 rings (SSSR count). The van der Waals surface area contributed by atoms with Gasteiger partial charge in [0.1, 0.15) is 12.1 Å². The fraction of sp³-hybridized carbons (Fsp3) is 0.235. The van der Waals surface area contributed by atoms with Gasteiger partial charge in [-0.3, -0.25) is 0 Å². The first kappa shape index (κ1) is 17.6. The van der Waals surface area contributed by atoms with Crippen LogP contribution in [0.3, 0.4) is 0 Å². The maximum atomic E-state index is 13.1. The highest BCUT2D eigenvalue weighted by molar-refractivity contribution is 9.10. The third-order valence-corrected chi connectivity index (χ3v) is 4.39. The molecule has 1 aromatic carbocycles. The zero-order chi connectivity index (χ0) is 18.2. The molecule has 0 bridgehead atoms. The summed E-state index contributed by atoms with van der Waals surface area (Å²) in [6.45, 7) is 3.27. The van der Waals surface area contributed by atoms with Crippen LogP contribution in [0, 0.1) is 6.92 Å². The molecular formula is C17H14BrF3N4. The predicted molar refractivity (Wildman–Crippen MR) is 93.3 cm³/mol. The number of aromatic nitrogens is 3. The predicted octanol–water partition coefficient (Wildman–Crippen LogP) is 5.29. The molecule has 0 aliphatic carbocycles. The van der Waals surface area contributed by atoms with Crippen molar-refractivity contribution in [2.75, 3.05) is 5.32 Å². The standard InChI is InChI=1S/C17H14BrF3N4/c1-9-12(4-3-5-14(9)17(19,20)21)10(2)25-16-13-6-11(18)7-22-15(13)23-8-24-16/h3-8,10H,1-2H3,(H,22,23,24,25). The van der Waals surface area contributed by atoms with Crippen molar-refractivity contribution in [2.45, 2.75) is 26.1 Å². The molecule has 1 N–H and O–H groups in total. The summed E-state index contributed by atoms with van der Waals surface area (Å²) in [6, 6.07) is 5.63. The van der Waals surface area contributed by atoms with E-state index in [-0.39, 0.29) is 11.6 Å². The first-order valence-electron chi connectivity index (χ1n) is 7.47. The van der Waals surface area contributed by atoms with E-state index in [2.05, 4.69) is 36.2 Å². The normalized spacial score (nSPS) is 13.0. The minimum absolute atomic E-state index is 0.202. The van der Waals surface area contributed by atoms with Crippen molar-refractivity contribution in [3.63, 3.8) is 0 Å². The van der Waals surface area contributed by atoms with Crippen LogP contribution in [0.5, 0.6) is 0 Å². The van der Waals surface area contributed by atoms with E-state index in [1.807, 2.05) is 6.07 Å². The lowest BCUT2D eigenvalue weighted by Gasteiger charge is -2.20. The number of rotatable bonds is 3. The van der Waals surface area contributed by atoms with Crippen molar-refractivity contribution in [3.8, 4) is 0 Å². The second kappa shape index (κ2) is 6.59. The smallest absolute Gasteiger partial charge is 0.363 e. The first-order valence-corrected chi connectivity index (χ1v) is 8.26. The molecule has 1 atom stereocenters. The van der Waals surface area contributed by atoms with Gasteiger partial charge in [-0.15, -0.1) is 0 Å². The third-order valence-electron chi connectivity index (χ3n) is 3.96. The van der Waals surface area contributed by atoms with Crippen LogP contribution in [-0.4, -0.2) is 15.0 Å². The average Bonchev–Trinajstić information content (AvgIpc) is 2.54. The summed E-state index contributed by atoms with van der Waals surface area (Å²) >= 11 is 3.35. The Morgan fingerprint density at radius 1 is 1.16 bits per heavy atom. The number of anilines is 1. The second-order valence-corrected chi connectivity index (χ2v) is 6.55. The molecule has 130 valence electrons. The lowest BCUT2D eigenvalue weighted by molar-refractivity contribution is -0.138. The Hall–Kier alpha value is -2.22. The minimum Gasteiger partial charge on any atom is -0.363 e. The summed E-state index contributed by atoms with van der Waals surface area (Å²) in [5.41, 5.74) is 0.640. The molecule has 1 unspecified atom stereocenters. The van der Waals surface area contributed by atoms with Gasteiger partial charge < -0.3 is 5.32 Å². The van der Waals surface area contributed by atoms with Crippen molar-refractivity contribution in [2.24, 2.45) is 0 Å². The SMILES string of the molecule is Cc1c(C(C)Nc2ncnc3ncc(Br)cc23)cccc1C(F)(F)F. The number of fused-ring (bicyclic) bond motifs is 1. The number of hydrogen-bond donors (Lipinski definition) is 1. The van der Waals surface area contributed by atoms with E-state index in [0.29, 0.717) is 22.4 Å². The molecule has 3 aromatic rings. The van der Waals surface area contributed by atoms with E-state index >= 15 is 0 Å². The van der Waals surface area contributed by atoms with Crippen LogP contribution in [0.1, 0.15) is 29.7 Å². The Labute approximate surface area is 150 Å². The van der Waals surface area contributed by atoms with Gasteiger partial charge in [-0.2, -0.15) is 13.2 Å². The monoisotopic (exact) mass is 410 g/mol. The Morgan fingerprint density at radius 2 is 1.92 bits per heavy atom. The number of pyridine rings is 1. The topological polar surface area (TPSA) is 50.7 Å². The van der Waals surface area contributed by atoms with Gasteiger partial charge >= 0.3 is 6.18 Å². The van der Waals surface area contributed by atoms with E-state index in [9.17, 15) is 13.2 Å². The van der Waals surface area contributed by atoms with Gasteiger partial charge in [0.2, 0.25) is 0 Å². The van der Waals surface area contributed by atoms with Gasteiger partial charge in [0.05, 0.1) is 17.0 Å². The van der Waals surface area contributed by atoms with Crippen LogP contribution < -0.4 is 5.32 Å². The molecule has 4 nitrogen and oxygen atoms in total. The molecule has 0 saturated carbocycles. The van der Waals surface area contributed by atoms with E-state index in [4.69, 9.17) is 0 Å². The van der Waals surface area contributed by atoms with E-state index in [0.717, 1.165) is 10.5 Å². The molecule has 0 spiro atoms. The lowest BCUT2D eigenvalue weighted by Crippen LogP contribution is -2.14. The van der Waals surface area contributed by atoms with E-state index in [1.54, 1.807) is 19.2 Å². The van der Waals surface area contributed by atoms with Crippen molar-refractivity contribution in [1.29, 1.82) is 0 Å². The summed E-state index contributed by atoms with van der Waals surface area (Å²) in [4.78, 5) is 12.5. The lowest BCUT2D eigenvalue weighted by atomic mass is 9.97. The molecule has 0 aliphatic rings. The van der Waals surface area contributed by atoms with Crippen LogP contribution in [-0.2, 0) is 6.18 Å². The van der Waals surface area contributed by atoms with E-state index < -0.39 is 11.7 Å².